The van der Waals surface area contributed by atoms with E-state index in [2.05, 4.69) is 4.90 Å². The molecule has 3 aliphatic heterocycles. The van der Waals surface area contributed by atoms with Crippen molar-refractivity contribution in [2.24, 2.45) is 5.92 Å². The van der Waals surface area contributed by atoms with Gasteiger partial charge in [0, 0.05) is 25.9 Å². The van der Waals surface area contributed by atoms with Crippen molar-refractivity contribution in [1.82, 2.24) is 4.90 Å². The average Bonchev–Trinajstić information content (AvgIpc) is 2.55. The fourth-order valence-corrected chi connectivity index (χ4v) is 4.07. The molecule has 3 aliphatic rings. The van der Waals surface area contributed by atoms with E-state index in [0.29, 0.717) is 6.04 Å². The molecule has 0 aromatic carbocycles. The third-order valence-electron chi connectivity index (χ3n) is 5.45. The van der Waals surface area contributed by atoms with Crippen LogP contribution in [-0.4, -0.2) is 62.5 Å². The largest absolute Gasteiger partial charge is 0.469 e. The maximum absolute atomic E-state index is 11.6. The quantitative estimate of drug-likeness (QED) is 0.725. The zero-order valence-electron chi connectivity index (χ0n) is 13.0. The van der Waals surface area contributed by atoms with E-state index < -0.39 is 0 Å². The van der Waals surface area contributed by atoms with Crippen molar-refractivity contribution in [1.29, 1.82) is 0 Å². The Kier molecular flexibility index (Phi) is 4.82. The smallest absolute Gasteiger partial charge is 0.308 e. The lowest BCUT2D eigenvalue weighted by Gasteiger charge is -2.47. The summed E-state index contributed by atoms with van der Waals surface area (Å²) in [7, 11) is 1.49. The van der Waals surface area contributed by atoms with E-state index in [1.807, 2.05) is 0 Å². The average molecular weight is 297 g/mol. The lowest BCUT2D eigenvalue weighted by atomic mass is 9.82. The van der Waals surface area contributed by atoms with Crippen molar-refractivity contribution in [3.05, 3.63) is 0 Å². The Balaban J connectivity index is 1.54. The van der Waals surface area contributed by atoms with Crippen LogP contribution in [0.25, 0.3) is 0 Å². The molecule has 0 amide bonds. The van der Waals surface area contributed by atoms with Crippen molar-refractivity contribution in [2.45, 2.75) is 50.2 Å². The van der Waals surface area contributed by atoms with Crippen LogP contribution in [-0.2, 0) is 19.0 Å². The fraction of sp³-hybridized carbons (Fsp3) is 0.938. The van der Waals surface area contributed by atoms with Crippen LogP contribution in [0.15, 0.2) is 0 Å². The minimum absolute atomic E-state index is 0.0393. The summed E-state index contributed by atoms with van der Waals surface area (Å²) in [5, 5.41) is 0. The number of ether oxygens (including phenoxy) is 3. The van der Waals surface area contributed by atoms with Crippen LogP contribution in [0.5, 0.6) is 0 Å². The summed E-state index contributed by atoms with van der Waals surface area (Å²) in [6.07, 6.45) is 6.16. The van der Waals surface area contributed by atoms with Gasteiger partial charge in [-0.3, -0.25) is 4.79 Å². The number of carbonyl (C=O) groups is 1. The number of carbonyl (C=O) groups excluding carboxylic acids is 1. The number of nitrogens with zero attached hydrogens (tertiary/aromatic N) is 1. The number of hydrogen-bond acceptors (Lipinski definition) is 5. The minimum atomic E-state index is -0.0393. The van der Waals surface area contributed by atoms with Crippen molar-refractivity contribution in [3.63, 3.8) is 0 Å². The highest BCUT2D eigenvalue weighted by molar-refractivity contribution is 5.72. The normalized spacial score (nSPS) is 31.2. The molecule has 3 fully saturated rings. The number of methoxy groups -OCH3 is 1. The van der Waals surface area contributed by atoms with Crippen LogP contribution in [0.2, 0.25) is 0 Å². The maximum atomic E-state index is 11.6. The highest BCUT2D eigenvalue weighted by atomic mass is 16.5. The number of likely N-dealkylation sites (tertiary alicyclic amines) is 1. The van der Waals surface area contributed by atoms with Crippen molar-refractivity contribution < 1.29 is 19.0 Å². The zero-order valence-corrected chi connectivity index (χ0v) is 13.0. The molecule has 0 radical (unpaired) electrons. The predicted octanol–water partition coefficient (Wildman–Crippen LogP) is 1.60. The van der Waals surface area contributed by atoms with Gasteiger partial charge in [-0.2, -0.15) is 0 Å². The van der Waals surface area contributed by atoms with Gasteiger partial charge in [-0.1, -0.05) is 0 Å². The molecule has 120 valence electrons. The summed E-state index contributed by atoms with van der Waals surface area (Å²) in [6, 6.07) is 0.607. The molecule has 1 spiro atoms. The Hall–Kier alpha value is -0.650. The maximum Gasteiger partial charge on any atom is 0.308 e. The van der Waals surface area contributed by atoms with E-state index in [0.717, 1.165) is 71.4 Å². The van der Waals surface area contributed by atoms with E-state index in [1.165, 1.54) is 7.11 Å². The molecular weight excluding hydrogens is 270 g/mol. The second kappa shape index (κ2) is 6.63. The van der Waals surface area contributed by atoms with Crippen LogP contribution in [0.4, 0.5) is 0 Å². The van der Waals surface area contributed by atoms with Gasteiger partial charge < -0.3 is 19.1 Å². The van der Waals surface area contributed by atoms with Gasteiger partial charge in [-0.05, 0) is 51.6 Å². The first kappa shape index (κ1) is 15.3. The topological polar surface area (TPSA) is 48.0 Å². The molecule has 3 heterocycles. The lowest BCUT2D eigenvalue weighted by Crippen LogP contribution is -2.53. The van der Waals surface area contributed by atoms with Gasteiger partial charge in [-0.25, -0.2) is 0 Å². The van der Waals surface area contributed by atoms with Gasteiger partial charge in [0.25, 0.3) is 0 Å². The van der Waals surface area contributed by atoms with E-state index in [-0.39, 0.29) is 17.5 Å². The van der Waals surface area contributed by atoms with E-state index in [4.69, 9.17) is 14.2 Å². The third-order valence-corrected chi connectivity index (χ3v) is 5.45. The molecular formula is C16H27NO4. The standard InChI is InChI=1S/C16H27NO4/c1-19-15(18)13-2-7-17(8-3-13)14-4-9-21-16(12-14)5-10-20-11-6-16/h13-14H,2-12H2,1H3. The SMILES string of the molecule is COC(=O)C1CCN(C2CCOC3(CCOCC3)C2)CC1. The Morgan fingerprint density at radius 2 is 1.86 bits per heavy atom. The summed E-state index contributed by atoms with van der Waals surface area (Å²) in [4.78, 5) is 14.2. The van der Waals surface area contributed by atoms with E-state index in [9.17, 15) is 4.79 Å². The molecule has 3 rings (SSSR count). The highest BCUT2D eigenvalue weighted by Crippen LogP contribution is 2.37. The zero-order chi connectivity index (χ0) is 14.7. The summed E-state index contributed by atoms with van der Waals surface area (Å²) in [5.74, 6) is 0.0608. The molecule has 1 atom stereocenters. The number of rotatable bonds is 2. The van der Waals surface area contributed by atoms with Gasteiger partial charge in [0.05, 0.1) is 18.6 Å². The van der Waals surface area contributed by atoms with Crippen molar-refractivity contribution in [2.75, 3.05) is 40.0 Å². The van der Waals surface area contributed by atoms with Crippen molar-refractivity contribution in [3.8, 4) is 0 Å². The Morgan fingerprint density at radius 1 is 1.14 bits per heavy atom. The first-order valence-corrected chi connectivity index (χ1v) is 8.26. The molecule has 0 saturated carbocycles. The summed E-state index contributed by atoms with van der Waals surface area (Å²) in [6.45, 7) is 4.55. The van der Waals surface area contributed by atoms with E-state index >= 15 is 0 Å². The van der Waals surface area contributed by atoms with Gasteiger partial charge in [0.1, 0.15) is 0 Å². The number of piperidine rings is 1. The van der Waals surface area contributed by atoms with Crippen LogP contribution in [0.3, 0.4) is 0 Å². The van der Waals surface area contributed by atoms with Gasteiger partial charge >= 0.3 is 5.97 Å². The molecule has 1 unspecified atom stereocenters. The monoisotopic (exact) mass is 297 g/mol. The number of hydrogen-bond donors (Lipinski definition) is 0. The van der Waals surface area contributed by atoms with Crippen molar-refractivity contribution >= 4 is 5.97 Å². The summed E-state index contributed by atoms with van der Waals surface area (Å²) >= 11 is 0. The molecule has 0 aromatic heterocycles. The molecule has 0 aliphatic carbocycles. The highest BCUT2D eigenvalue weighted by Gasteiger charge is 2.41. The Bertz CT molecular complexity index is 354. The summed E-state index contributed by atoms with van der Waals surface area (Å²) < 4.78 is 16.5. The molecule has 0 aromatic rings. The lowest BCUT2D eigenvalue weighted by molar-refractivity contribution is -0.156. The second-order valence-corrected chi connectivity index (χ2v) is 6.62. The fourth-order valence-electron chi connectivity index (χ4n) is 4.07. The second-order valence-electron chi connectivity index (χ2n) is 6.62. The van der Waals surface area contributed by atoms with E-state index in [1.54, 1.807) is 0 Å². The molecule has 3 saturated heterocycles. The Morgan fingerprint density at radius 3 is 2.52 bits per heavy atom. The first-order chi connectivity index (χ1) is 10.2. The van der Waals surface area contributed by atoms with Crippen LogP contribution < -0.4 is 0 Å². The minimum Gasteiger partial charge on any atom is -0.469 e. The molecule has 21 heavy (non-hydrogen) atoms. The summed E-state index contributed by atoms with van der Waals surface area (Å²) in [5.41, 5.74) is 0.0559. The number of esters is 1. The molecule has 5 heteroatoms. The Labute approximate surface area is 126 Å². The predicted molar refractivity (Wildman–Crippen MR) is 78.1 cm³/mol. The third kappa shape index (κ3) is 3.41. The molecule has 5 nitrogen and oxygen atoms in total. The molecule has 0 N–H and O–H groups in total. The van der Waals surface area contributed by atoms with Gasteiger partial charge in [0.15, 0.2) is 0 Å². The molecule has 0 bridgehead atoms. The van der Waals surface area contributed by atoms with Crippen LogP contribution >= 0.6 is 0 Å². The van der Waals surface area contributed by atoms with Gasteiger partial charge in [0.2, 0.25) is 0 Å². The van der Waals surface area contributed by atoms with Crippen LogP contribution in [0.1, 0.15) is 38.5 Å². The first-order valence-electron chi connectivity index (χ1n) is 8.26. The van der Waals surface area contributed by atoms with Gasteiger partial charge in [-0.15, -0.1) is 0 Å². The van der Waals surface area contributed by atoms with Crippen LogP contribution in [0, 0.1) is 5.92 Å².